The molecule has 4 N–H and O–H groups in total. The second kappa shape index (κ2) is 10.6. The van der Waals surface area contributed by atoms with Gasteiger partial charge in [-0.2, -0.15) is 0 Å². The van der Waals surface area contributed by atoms with Crippen molar-refractivity contribution in [1.82, 2.24) is 4.98 Å². The average Bonchev–Trinajstić information content (AvgIpc) is 3.32. The highest BCUT2D eigenvalue weighted by Gasteiger charge is 2.52. The normalized spacial score (nSPS) is 17.0. The molecule has 5 rings (SSSR count). The number of anilines is 1. The van der Waals surface area contributed by atoms with Crippen molar-refractivity contribution in [2.45, 2.75) is 49.5 Å². The number of nitrogens with zero attached hydrogens (tertiary/aromatic N) is 1. The van der Waals surface area contributed by atoms with E-state index in [1.807, 2.05) is 30.3 Å². The van der Waals surface area contributed by atoms with Crippen LogP contribution in [0, 0.1) is 0 Å². The Morgan fingerprint density at radius 2 is 1.92 bits per heavy atom. The van der Waals surface area contributed by atoms with Gasteiger partial charge in [0.2, 0.25) is 12.7 Å². The van der Waals surface area contributed by atoms with Crippen LogP contribution in [-0.2, 0) is 10.2 Å². The van der Waals surface area contributed by atoms with E-state index in [1.54, 1.807) is 12.3 Å². The Balaban J connectivity index is 1.34. The molecule has 1 saturated carbocycles. The standard InChI is InChI=1S/C26H27Cl2N3O4S/c27-19-5-1-15(11-20(19)28)18(4-3-17(32)7-10-29)23-13-30-25(36-23)31-24(33)26(8-9-26)16-2-6-21-22(12-16)35-14-34-21/h1-2,5-6,11-13,17-18,32H,3-4,7-10,14,29H2,(H,30,31,33)/t17-,18-/m0/s1. The molecule has 3 aromatic rings. The Kier molecular flexibility index (Phi) is 7.42. The molecule has 1 aromatic heterocycles. The van der Waals surface area contributed by atoms with Crippen molar-refractivity contribution in [3.63, 3.8) is 0 Å². The van der Waals surface area contributed by atoms with E-state index in [0.717, 1.165) is 28.8 Å². The zero-order valence-corrected chi connectivity index (χ0v) is 21.8. The van der Waals surface area contributed by atoms with Gasteiger partial charge in [0.25, 0.3) is 0 Å². The molecule has 2 aromatic carbocycles. The van der Waals surface area contributed by atoms with Gasteiger partial charge in [0.1, 0.15) is 0 Å². The van der Waals surface area contributed by atoms with Crippen LogP contribution in [0.5, 0.6) is 11.5 Å². The first-order valence-corrected chi connectivity index (χ1v) is 13.5. The summed E-state index contributed by atoms with van der Waals surface area (Å²) >= 11 is 13.9. The van der Waals surface area contributed by atoms with Crippen molar-refractivity contribution in [1.29, 1.82) is 0 Å². The summed E-state index contributed by atoms with van der Waals surface area (Å²) < 4.78 is 10.9. The topological polar surface area (TPSA) is 107 Å². The molecule has 2 atom stereocenters. The van der Waals surface area contributed by atoms with Gasteiger partial charge in [-0.05, 0) is 74.0 Å². The zero-order chi connectivity index (χ0) is 25.3. The first-order chi connectivity index (χ1) is 17.4. The van der Waals surface area contributed by atoms with E-state index in [2.05, 4.69) is 10.3 Å². The monoisotopic (exact) mass is 547 g/mol. The van der Waals surface area contributed by atoms with Crippen molar-refractivity contribution >= 4 is 45.6 Å². The maximum atomic E-state index is 13.3. The van der Waals surface area contributed by atoms with E-state index in [-0.39, 0.29) is 18.6 Å². The van der Waals surface area contributed by atoms with Crippen LogP contribution in [0.4, 0.5) is 5.13 Å². The molecule has 7 nitrogen and oxygen atoms in total. The van der Waals surface area contributed by atoms with Gasteiger partial charge in [-0.3, -0.25) is 4.79 Å². The minimum Gasteiger partial charge on any atom is -0.454 e. The van der Waals surface area contributed by atoms with Crippen LogP contribution in [-0.4, -0.2) is 35.4 Å². The molecule has 2 aliphatic rings. The molecule has 36 heavy (non-hydrogen) atoms. The maximum absolute atomic E-state index is 13.3. The van der Waals surface area contributed by atoms with E-state index in [1.165, 1.54) is 11.3 Å². The number of aliphatic hydroxyl groups is 1. The molecule has 0 radical (unpaired) electrons. The Bertz CT molecular complexity index is 1260. The van der Waals surface area contributed by atoms with Crippen LogP contribution in [0.25, 0.3) is 0 Å². The molecular weight excluding hydrogens is 521 g/mol. The van der Waals surface area contributed by atoms with Gasteiger partial charge >= 0.3 is 0 Å². The van der Waals surface area contributed by atoms with Crippen molar-refractivity contribution < 1.29 is 19.4 Å². The number of halogens is 2. The highest BCUT2D eigenvalue weighted by atomic mass is 35.5. The Morgan fingerprint density at radius 1 is 1.11 bits per heavy atom. The summed E-state index contributed by atoms with van der Waals surface area (Å²) in [6.07, 6.45) is 4.63. The quantitative estimate of drug-likeness (QED) is 0.310. The second-order valence-corrected chi connectivity index (χ2v) is 11.1. The molecule has 0 spiro atoms. The number of aromatic nitrogens is 1. The van der Waals surface area contributed by atoms with Gasteiger partial charge in [0, 0.05) is 17.0 Å². The molecule has 1 aliphatic carbocycles. The Hall–Kier alpha value is -2.36. The lowest BCUT2D eigenvalue weighted by Gasteiger charge is -2.18. The molecule has 0 bridgehead atoms. The number of rotatable bonds is 10. The molecule has 0 unspecified atom stereocenters. The van der Waals surface area contributed by atoms with E-state index in [0.29, 0.717) is 52.5 Å². The predicted octanol–water partition coefficient (Wildman–Crippen LogP) is 5.47. The van der Waals surface area contributed by atoms with Gasteiger partial charge in [-0.25, -0.2) is 4.98 Å². The number of nitrogens with one attached hydrogen (secondary N) is 1. The van der Waals surface area contributed by atoms with Gasteiger partial charge in [-0.15, -0.1) is 11.3 Å². The van der Waals surface area contributed by atoms with Gasteiger partial charge in [-0.1, -0.05) is 35.3 Å². The van der Waals surface area contributed by atoms with Crippen LogP contribution >= 0.6 is 34.5 Å². The lowest BCUT2D eigenvalue weighted by molar-refractivity contribution is -0.118. The first kappa shape index (κ1) is 25.3. The summed E-state index contributed by atoms with van der Waals surface area (Å²) in [7, 11) is 0. The number of aliphatic hydroxyl groups excluding tert-OH is 1. The fourth-order valence-corrected chi connectivity index (χ4v) is 5.87. The van der Waals surface area contributed by atoms with Crippen LogP contribution < -0.4 is 20.5 Å². The van der Waals surface area contributed by atoms with E-state index in [4.69, 9.17) is 38.4 Å². The molecule has 0 saturated heterocycles. The SMILES string of the molecule is NCC[C@@H](O)CC[C@@H](c1ccc(Cl)c(Cl)c1)c1cnc(NC(=O)C2(c3ccc4c(c3)OCO4)CC2)s1. The zero-order valence-electron chi connectivity index (χ0n) is 19.5. The Morgan fingerprint density at radius 3 is 2.67 bits per heavy atom. The summed E-state index contributed by atoms with van der Waals surface area (Å²) in [6, 6.07) is 11.2. The largest absolute Gasteiger partial charge is 0.454 e. The van der Waals surface area contributed by atoms with Crippen molar-refractivity contribution in [2.24, 2.45) is 5.73 Å². The number of hydrogen-bond donors (Lipinski definition) is 3. The van der Waals surface area contributed by atoms with Crippen molar-refractivity contribution in [3.05, 3.63) is 68.6 Å². The molecule has 10 heteroatoms. The fourth-order valence-electron chi connectivity index (χ4n) is 4.59. The van der Waals surface area contributed by atoms with Crippen LogP contribution in [0.15, 0.2) is 42.6 Å². The average molecular weight is 548 g/mol. The number of ether oxygens (including phenoxy) is 2. The number of thiazole rings is 1. The number of carbonyl (C=O) groups is 1. The number of amides is 1. The molecule has 1 fully saturated rings. The smallest absolute Gasteiger partial charge is 0.236 e. The summed E-state index contributed by atoms with van der Waals surface area (Å²) in [6.45, 7) is 0.629. The van der Waals surface area contributed by atoms with Crippen molar-refractivity contribution in [3.8, 4) is 11.5 Å². The first-order valence-electron chi connectivity index (χ1n) is 11.9. The third-order valence-corrected chi connectivity index (χ3v) is 8.60. The third-order valence-electron chi connectivity index (χ3n) is 6.83. The fraction of sp³-hybridized carbons (Fsp3) is 0.385. The third kappa shape index (κ3) is 5.19. The minimum atomic E-state index is -0.581. The summed E-state index contributed by atoms with van der Waals surface area (Å²) in [5, 5.41) is 14.8. The number of hydrogen-bond acceptors (Lipinski definition) is 7. The molecule has 1 amide bonds. The minimum absolute atomic E-state index is 0.0564. The molecule has 1 aliphatic heterocycles. The molecular formula is C26H27Cl2N3O4S. The summed E-state index contributed by atoms with van der Waals surface area (Å²) in [5.74, 6) is 1.24. The molecule has 2 heterocycles. The number of benzene rings is 2. The maximum Gasteiger partial charge on any atom is 0.236 e. The van der Waals surface area contributed by atoms with Gasteiger partial charge < -0.3 is 25.6 Å². The lowest BCUT2D eigenvalue weighted by atomic mass is 9.91. The van der Waals surface area contributed by atoms with Crippen molar-refractivity contribution in [2.75, 3.05) is 18.7 Å². The highest BCUT2D eigenvalue weighted by molar-refractivity contribution is 7.15. The van der Waals surface area contributed by atoms with Crippen LogP contribution in [0.2, 0.25) is 10.0 Å². The van der Waals surface area contributed by atoms with Gasteiger partial charge in [0.05, 0.1) is 21.6 Å². The predicted molar refractivity (Wildman–Crippen MR) is 141 cm³/mol. The number of carbonyl (C=O) groups excluding carboxylic acids is 1. The summed E-state index contributed by atoms with van der Waals surface area (Å²) in [5.41, 5.74) is 6.92. The summed E-state index contributed by atoms with van der Waals surface area (Å²) in [4.78, 5) is 18.8. The van der Waals surface area contributed by atoms with Gasteiger partial charge in [0.15, 0.2) is 16.6 Å². The van der Waals surface area contributed by atoms with E-state index in [9.17, 15) is 9.90 Å². The van der Waals surface area contributed by atoms with E-state index < -0.39 is 11.5 Å². The Labute approximate surface area is 223 Å². The van der Waals surface area contributed by atoms with E-state index >= 15 is 0 Å². The number of fused-ring (bicyclic) bond motifs is 1. The highest BCUT2D eigenvalue weighted by Crippen LogP contribution is 2.51. The second-order valence-electron chi connectivity index (χ2n) is 9.21. The molecule has 190 valence electrons. The lowest BCUT2D eigenvalue weighted by Crippen LogP contribution is -2.27. The van der Waals surface area contributed by atoms with Crippen LogP contribution in [0.1, 0.15) is 54.0 Å². The number of nitrogens with two attached hydrogens (primary N) is 1. The van der Waals surface area contributed by atoms with Crippen LogP contribution in [0.3, 0.4) is 0 Å².